The van der Waals surface area contributed by atoms with Gasteiger partial charge < -0.3 is 10.8 Å². The second-order valence-corrected chi connectivity index (χ2v) is 9.31. The summed E-state index contributed by atoms with van der Waals surface area (Å²) < 4.78 is 0. The highest BCUT2D eigenvalue weighted by Crippen LogP contribution is 2.66. The van der Waals surface area contributed by atoms with Gasteiger partial charge in [0.15, 0.2) is 5.78 Å². The summed E-state index contributed by atoms with van der Waals surface area (Å²) in [5, 5.41) is 11.6. The normalized spacial score (nSPS) is 45.5. The molecule has 3 nitrogen and oxygen atoms in total. The van der Waals surface area contributed by atoms with Crippen molar-refractivity contribution in [1.29, 1.82) is 0 Å². The van der Waals surface area contributed by atoms with E-state index in [1.165, 1.54) is 18.4 Å². The smallest absolute Gasteiger partial charge is 0.155 e. The number of allylic oxidation sites excluding steroid dienone is 1. The van der Waals surface area contributed by atoms with E-state index in [0.29, 0.717) is 29.5 Å². The molecular weight excluding hydrogens is 322 g/mol. The van der Waals surface area contributed by atoms with Gasteiger partial charge in [-0.3, -0.25) is 4.79 Å². The Labute approximate surface area is 157 Å². The van der Waals surface area contributed by atoms with E-state index in [4.69, 9.17) is 5.73 Å². The third kappa shape index (κ3) is 2.60. The van der Waals surface area contributed by atoms with Crippen LogP contribution in [0.3, 0.4) is 0 Å². The quantitative estimate of drug-likeness (QED) is 0.707. The summed E-state index contributed by atoms with van der Waals surface area (Å²) in [7, 11) is 0. The number of aliphatic hydroxyl groups is 1. The Kier molecular flexibility index (Phi) is 4.56. The van der Waals surface area contributed by atoms with Crippen LogP contribution < -0.4 is 5.73 Å². The molecule has 3 saturated carbocycles. The molecule has 3 heteroatoms. The fourth-order valence-electron chi connectivity index (χ4n) is 7.16. The van der Waals surface area contributed by atoms with Crippen LogP contribution >= 0.6 is 0 Å². The van der Waals surface area contributed by atoms with Gasteiger partial charge in [0.1, 0.15) is 5.60 Å². The molecule has 0 aromatic rings. The van der Waals surface area contributed by atoms with Gasteiger partial charge in [-0.05, 0) is 88.0 Å². The number of carbonyl (C=O) groups is 1. The molecule has 4 rings (SSSR count). The number of fused-ring (bicyclic) bond motifs is 5. The number of rotatable bonds is 1. The van der Waals surface area contributed by atoms with E-state index in [9.17, 15) is 9.90 Å². The summed E-state index contributed by atoms with van der Waals surface area (Å²) in [6.45, 7) is 4.13. The van der Waals surface area contributed by atoms with Crippen LogP contribution in [-0.2, 0) is 4.79 Å². The summed E-state index contributed by atoms with van der Waals surface area (Å²) in [6.07, 6.45) is 11.1. The highest BCUT2D eigenvalue weighted by molar-refractivity contribution is 5.91. The van der Waals surface area contributed by atoms with E-state index in [0.717, 1.165) is 44.9 Å². The molecule has 0 heterocycles. The molecule has 26 heavy (non-hydrogen) atoms. The maximum absolute atomic E-state index is 11.8. The number of hydrogen-bond acceptors (Lipinski definition) is 3. The number of hydrogen-bond donors (Lipinski definition) is 2. The van der Waals surface area contributed by atoms with Crippen LogP contribution in [0, 0.1) is 40.9 Å². The number of carbonyl (C=O) groups excluding carboxylic acids is 1. The maximum atomic E-state index is 11.8. The zero-order chi connectivity index (χ0) is 18.5. The lowest BCUT2D eigenvalue weighted by atomic mass is 9.49. The summed E-state index contributed by atoms with van der Waals surface area (Å²) >= 11 is 0. The number of nitrogens with two attached hydrogens (primary N) is 1. The SMILES string of the molecule is CC[C@]12CC[C@H]3[C@@H](CCC4=CC(=O)CC[C@@H]43)[C@@H]1CC[C@@]2(O)C#CC(C)N. The van der Waals surface area contributed by atoms with Crippen molar-refractivity contribution < 1.29 is 9.90 Å². The van der Waals surface area contributed by atoms with Gasteiger partial charge in [0.25, 0.3) is 0 Å². The second kappa shape index (κ2) is 6.50. The predicted molar refractivity (Wildman–Crippen MR) is 103 cm³/mol. The van der Waals surface area contributed by atoms with Gasteiger partial charge in [-0.25, -0.2) is 0 Å². The van der Waals surface area contributed by atoms with Gasteiger partial charge in [-0.1, -0.05) is 24.3 Å². The zero-order valence-corrected chi connectivity index (χ0v) is 16.3. The number of ketones is 1. The molecule has 0 radical (unpaired) electrons. The van der Waals surface area contributed by atoms with Crippen LogP contribution in [0.4, 0.5) is 0 Å². The highest BCUT2D eigenvalue weighted by Gasteiger charge is 2.63. The third-order valence-electron chi connectivity index (χ3n) is 8.29. The van der Waals surface area contributed by atoms with E-state index in [1.54, 1.807) is 0 Å². The van der Waals surface area contributed by atoms with Gasteiger partial charge in [0, 0.05) is 11.8 Å². The Balaban J connectivity index is 1.65. The Hall–Kier alpha value is -1.11. The molecule has 7 atom stereocenters. The van der Waals surface area contributed by atoms with E-state index in [1.807, 2.05) is 13.0 Å². The average Bonchev–Trinajstić information content (AvgIpc) is 2.93. The Morgan fingerprint density at radius 3 is 2.77 bits per heavy atom. The minimum atomic E-state index is -0.871. The summed E-state index contributed by atoms with van der Waals surface area (Å²) in [4.78, 5) is 11.8. The standard InChI is InChI=1S/C23H33NO2/c1-3-22-11-9-19-18-7-5-17(25)14-16(18)4-6-20(19)21(22)10-13-23(22,26)12-8-15(2)24/h14-15,18-21,26H,3-7,9-11,13,24H2,1-2H3/t15?,18-,19+,20+,21-,22-,23-/m0/s1. The van der Waals surface area contributed by atoms with Crippen molar-refractivity contribution in [1.82, 2.24) is 0 Å². The van der Waals surface area contributed by atoms with Crippen LogP contribution in [0.25, 0.3) is 0 Å². The molecule has 0 bridgehead atoms. The van der Waals surface area contributed by atoms with E-state index in [-0.39, 0.29) is 11.5 Å². The molecule has 0 spiro atoms. The van der Waals surface area contributed by atoms with Crippen molar-refractivity contribution in [3.05, 3.63) is 11.6 Å². The fraction of sp³-hybridized carbons (Fsp3) is 0.783. The van der Waals surface area contributed by atoms with Crippen LogP contribution in [0.1, 0.15) is 71.6 Å². The first-order chi connectivity index (χ1) is 12.4. The van der Waals surface area contributed by atoms with Crippen molar-refractivity contribution in [2.24, 2.45) is 34.8 Å². The molecule has 4 aliphatic carbocycles. The minimum Gasteiger partial charge on any atom is -0.377 e. The van der Waals surface area contributed by atoms with Gasteiger partial charge in [0.05, 0.1) is 6.04 Å². The van der Waals surface area contributed by atoms with Crippen LogP contribution in [-0.4, -0.2) is 22.5 Å². The third-order valence-corrected chi connectivity index (χ3v) is 8.29. The molecule has 0 aliphatic heterocycles. The Bertz CT molecular complexity index is 684. The van der Waals surface area contributed by atoms with Crippen molar-refractivity contribution in [3.8, 4) is 11.8 Å². The first-order valence-electron chi connectivity index (χ1n) is 10.6. The summed E-state index contributed by atoms with van der Waals surface area (Å²) in [5.74, 6) is 9.21. The summed E-state index contributed by atoms with van der Waals surface area (Å²) in [5.41, 5.74) is 6.34. The van der Waals surface area contributed by atoms with Gasteiger partial charge in [-0.2, -0.15) is 0 Å². The molecule has 3 N–H and O–H groups in total. The molecule has 3 fully saturated rings. The maximum Gasteiger partial charge on any atom is 0.155 e. The largest absolute Gasteiger partial charge is 0.377 e. The van der Waals surface area contributed by atoms with Crippen LogP contribution in [0.15, 0.2) is 11.6 Å². The molecule has 4 aliphatic rings. The monoisotopic (exact) mass is 355 g/mol. The fourth-order valence-corrected chi connectivity index (χ4v) is 7.16. The molecule has 0 amide bonds. The topological polar surface area (TPSA) is 63.3 Å². The van der Waals surface area contributed by atoms with E-state index in [2.05, 4.69) is 18.8 Å². The van der Waals surface area contributed by atoms with Gasteiger partial charge >= 0.3 is 0 Å². The van der Waals surface area contributed by atoms with Crippen molar-refractivity contribution in [3.63, 3.8) is 0 Å². The lowest BCUT2D eigenvalue weighted by Crippen LogP contribution is -2.53. The molecule has 142 valence electrons. The average molecular weight is 356 g/mol. The predicted octanol–water partition coefficient (Wildman–Crippen LogP) is 3.60. The lowest BCUT2D eigenvalue weighted by Gasteiger charge is -2.56. The van der Waals surface area contributed by atoms with Crippen molar-refractivity contribution in [2.45, 2.75) is 83.3 Å². The zero-order valence-electron chi connectivity index (χ0n) is 16.3. The van der Waals surface area contributed by atoms with E-state index < -0.39 is 5.60 Å². The van der Waals surface area contributed by atoms with Crippen LogP contribution in [0.5, 0.6) is 0 Å². The van der Waals surface area contributed by atoms with Gasteiger partial charge in [-0.15, -0.1) is 0 Å². The van der Waals surface area contributed by atoms with Gasteiger partial charge in [0.2, 0.25) is 0 Å². The molecule has 0 aromatic heterocycles. The lowest BCUT2D eigenvalue weighted by molar-refractivity contribution is -0.117. The molecule has 0 saturated heterocycles. The Morgan fingerprint density at radius 2 is 2.04 bits per heavy atom. The van der Waals surface area contributed by atoms with Crippen molar-refractivity contribution in [2.75, 3.05) is 0 Å². The molecule has 1 unspecified atom stereocenters. The summed E-state index contributed by atoms with van der Waals surface area (Å²) in [6, 6.07) is -0.189. The minimum absolute atomic E-state index is 0.0677. The Morgan fingerprint density at radius 1 is 1.23 bits per heavy atom. The first-order valence-corrected chi connectivity index (χ1v) is 10.6. The first kappa shape index (κ1) is 18.3. The highest BCUT2D eigenvalue weighted by atomic mass is 16.3. The van der Waals surface area contributed by atoms with Crippen molar-refractivity contribution >= 4 is 5.78 Å². The second-order valence-electron chi connectivity index (χ2n) is 9.31. The molecular formula is C23H33NO2. The van der Waals surface area contributed by atoms with E-state index >= 15 is 0 Å². The van der Waals surface area contributed by atoms with Crippen LogP contribution in [0.2, 0.25) is 0 Å². The molecule has 0 aromatic carbocycles.